The molecule has 0 saturated carbocycles. The molecule has 0 spiro atoms. The number of hydrogen-bond acceptors (Lipinski definition) is 6. The minimum atomic E-state index is -0.688. The molecule has 7 nitrogen and oxygen atoms in total. The Morgan fingerprint density at radius 3 is 2.19 bits per heavy atom. The molecule has 1 fully saturated rings. The Kier molecular flexibility index (Phi) is 9.53. The molecule has 2 aromatic rings. The van der Waals surface area contributed by atoms with Crippen molar-refractivity contribution in [3.8, 4) is 11.5 Å². The van der Waals surface area contributed by atoms with Crippen molar-refractivity contribution in [2.75, 3.05) is 40.4 Å². The highest BCUT2D eigenvalue weighted by atomic mass is 16.5. The van der Waals surface area contributed by atoms with Crippen LogP contribution in [0.5, 0.6) is 11.5 Å². The molecule has 0 bridgehead atoms. The van der Waals surface area contributed by atoms with Gasteiger partial charge in [-0.2, -0.15) is 0 Å². The van der Waals surface area contributed by atoms with E-state index in [1.165, 1.54) is 0 Å². The van der Waals surface area contributed by atoms with Crippen molar-refractivity contribution >= 4 is 17.4 Å². The fourth-order valence-electron chi connectivity index (χ4n) is 3.97. The predicted molar refractivity (Wildman–Crippen MR) is 141 cm³/mol. The molecule has 1 unspecified atom stereocenters. The molecule has 0 aromatic heterocycles. The molecule has 0 radical (unpaired) electrons. The number of nitrogens with zero attached hydrogens (tertiary/aromatic N) is 2. The molecule has 3 rings (SSSR count). The molecular formula is C29H38N2O5. The average molecular weight is 495 g/mol. The molecule has 1 amide bonds. The molecule has 1 N–H and O–H groups in total. The number of amides is 1. The lowest BCUT2D eigenvalue weighted by Gasteiger charge is -2.26. The second-order valence-electron chi connectivity index (χ2n) is 9.80. The van der Waals surface area contributed by atoms with Gasteiger partial charge in [-0.15, -0.1) is 0 Å². The van der Waals surface area contributed by atoms with Crippen LogP contribution in [-0.2, 0) is 9.59 Å². The number of aliphatic hydroxyl groups is 1. The monoisotopic (exact) mass is 494 g/mol. The Labute approximate surface area is 214 Å². The van der Waals surface area contributed by atoms with Crippen LogP contribution in [0.3, 0.4) is 0 Å². The first-order valence-corrected chi connectivity index (χ1v) is 12.6. The van der Waals surface area contributed by atoms with E-state index in [1.54, 1.807) is 29.2 Å². The van der Waals surface area contributed by atoms with Crippen LogP contribution < -0.4 is 9.47 Å². The number of hydrogen-bond donors (Lipinski definition) is 1. The average Bonchev–Trinajstić information content (AvgIpc) is 3.11. The van der Waals surface area contributed by atoms with E-state index in [0.29, 0.717) is 43.5 Å². The van der Waals surface area contributed by atoms with Gasteiger partial charge in [0.15, 0.2) is 0 Å². The van der Waals surface area contributed by atoms with Gasteiger partial charge in [0.05, 0.1) is 24.8 Å². The van der Waals surface area contributed by atoms with Gasteiger partial charge in [0.25, 0.3) is 11.7 Å². The summed E-state index contributed by atoms with van der Waals surface area (Å²) in [5.74, 6) is 0.323. The third-order valence-electron chi connectivity index (χ3n) is 6.00. The predicted octanol–water partition coefficient (Wildman–Crippen LogP) is 4.88. The zero-order valence-electron chi connectivity index (χ0n) is 22.0. The number of benzene rings is 2. The highest BCUT2D eigenvalue weighted by Gasteiger charge is 2.45. The summed E-state index contributed by atoms with van der Waals surface area (Å²) in [4.78, 5) is 29.7. The lowest BCUT2D eigenvalue weighted by molar-refractivity contribution is -0.140. The SMILES string of the molecule is CCCCOc1ccc(C2C(=C(O)c3ccc(OCC(C)C)cc3)C(=O)C(=O)N2CCN(C)C)cc1. The Morgan fingerprint density at radius 2 is 1.61 bits per heavy atom. The van der Waals surface area contributed by atoms with Crippen LogP contribution in [0.15, 0.2) is 54.1 Å². The van der Waals surface area contributed by atoms with Gasteiger partial charge in [0.2, 0.25) is 0 Å². The Hall–Kier alpha value is -3.32. The number of ether oxygens (including phenoxy) is 2. The minimum absolute atomic E-state index is 0.0919. The van der Waals surface area contributed by atoms with Crippen LogP contribution in [0.1, 0.15) is 50.8 Å². The lowest BCUT2D eigenvalue weighted by Crippen LogP contribution is -2.35. The molecule has 2 aromatic carbocycles. The fourth-order valence-corrected chi connectivity index (χ4v) is 3.97. The number of Topliss-reactive ketones (excluding diaryl/α,β-unsaturated/α-hetero) is 1. The zero-order chi connectivity index (χ0) is 26.2. The summed E-state index contributed by atoms with van der Waals surface area (Å²) >= 11 is 0. The lowest BCUT2D eigenvalue weighted by atomic mass is 9.95. The first kappa shape index (κ1) is 27.3. The number of unbranched alkanes of at least 4 members (excludes halogenated alkanes) is 1. The maximum atomic E-state index is 13.2. The van der Waals surface area contributed by atoms with Gasteiger partial charge < -0.3 is 24.4 Å². The summed E-state index contributed by atoms with van der Waals surface area (Å²) in [5.41, 5.74) is 1.30. The molecule has 1 saturated heterocycles. The number of ketones is 1. The standard InChI is InChI=1S/C29H38N2O5/c1-6-7-18-35-23-12-8-21(9-13-23)26-25(28(33)29(34)31(26)17-16-30(4)5)27(32)22-10-14-24(15-11-22)36-19-20(2)3/h8-15,20,26,32H,6-7,16-19H2,1-5H3. The van der Waals surface area contributed by atoms with Crippen LogP contribution >= 0.6 is 0 Å². The second kappa shape index (κ2) is 12.6. The summed E-state index contributed by atoms with van der Waals surface area (Å²) in [6.45, 7) is 8.40. The van der Waals surface area contributed by atoms with Gasteiger partial charge in [-0.25, -0.2) is 0 Å². The van der Waals surface area contributed by atoms with Crippen molar-refractivity contribution in [1.82, 2.24) is 9.80 Å². The van der Waals surface area contributed by atoms with Crippen molar-refractivity contribution in [3.05, 3.63) is 65.2 Å². The highest BCUT2D eigenvalue weighted by molar-refractivity contribution is 6.46. The van der Waals surface area contributed by atoms with Crippen molar-refractivity contribution in [1.29, 1.82) is 0 Å². The molecule has 1 atom stereocenters. The van der Waals surface area contributed by atoms with Gasteiger partial charge >= 0.3 is 0 Å². The van der Waals surface area contributed by atoms with E-state index in [2.05, 4.69) is 20.8 Å². The van der Waals surface area contributed by atoms with E-state index in [0.717, 1.165) is 24.2 Å². The van der Waals surface area contributed by atoms with Crippen LogP contribution in [0.25, 0.3) is 5.76 Å². The molecule has 36 heavy (non-hydrogen) atoms. The van der Waals surface area contributed by atoms with Crippen LogP contribution in [0.2, 0.25) is 0 Å². The third kappa shape index (κ3) is 6.66. The van der Waals surface area contributed by atoms with E-state index in [9.17, 15) is 14.7 Å². The number of likely N-dealkylation sites (N-methyl/N-ethyl adjacent to an activating group) is 1. The zero-order valence-corrected chi connectivity index (χ0v) is 22.0. The Bertz CT molecular complexity index is 1060. The second-order valence-corrected chi connectivity index (χ2v) is 9.80. The fraction of sp³-hybridized carbons (Fsp3) is 0.448. The molecule has 1 aliphatic rings. The van der Waals surface area contributed by atoms with E-state index >= 15 is 0 Å². The highest BCUT2D eigenvalue weighted by Crippen LogP contribution is 2.39. The summed E-state index contributed by atoms with van der Waals surface area (Å²) in [7, 11) is 3.83. The molecule has 194 valence electrons. The van der Waals surface area contributed by atoms with E-state index in [1.807, 2.05) is 43.3 Å². The molecule has 0 aliphatic carbocycles. The van der Waals surface area contributed by atoms with Crippen LogP contribution in [0.4, 0.5) is 0 Å². The van der Waals surface area contributed by atoms with E-state index in [4.69, 9.17) is 9.47 Å². The van der Waals surface area contributed by atoms with Gasteiger partial charge in [0, 0.05) is 18.7 Å². The van der Waals surface area contributed by atoms with Crippen LogP contribution in [-0.4, -0.2) is 67.0 Å². The molecule has 1 heterocycles. The third-order valence-corrected chi connectivity index (χ3v) is 6.00. The molecule has 7 heteroatoms. The first-order valence-electron chi connectivity index (χ1n) is 12.6. The number of rotatable bonds is 12. The van der Waals surface area contributed by atoms with Crippen LogP contribution in [0, 0.1) is 5.92 Å². The van der Waals surface area contributed by atoms with E-state index in [-0.39, 0.29) is 11.3 Å². The number of carbonyl (C=O) groups excluding carboxylic acids is 2. The normalized spacial score (nSPS) is 17.3. The summed E-state index contributed by atoms with van der Waals surface area (Å²) in [5, 5.41) is 11.2. The van der Waals surface area contributed by atoms with E-state index < -0.39 is 17.7 Å². The smallest absolute Gasteiger partial charge is 0.295 e. The largest absolute Gasteiger partial charge is 0.507 e. The molecular weight excluding hydrogens is 456 g/mol. The van der Waals surface area contributed by atoms with Crippen molar-refractivity contribution < 1.29 is 24.2 Å². The molecule has 1 aliphatic heterocycles. The van der Waals surface area contributed by atoms with Gasteiger partial charge in [-0.1, -0.05) is 39.3 Å². The maximum Gasteiger partial charge on any atom is 0.295 e. The van der Waals surface area contributed by atoms with Crippen molar-refractivity contribution in [2.24, 2.45) is 5.92 Å². The summed E-state index contributed by atoms with van der Waals surface area (Å²) < 4.78 is 11.5. The number of aliphatic hydroxyl groups excluding tert-OH is 1. The number of carbonyl (C=O) groups is 2. The van der Waals surface area contributed by atoms with Crippen molar-refractivity contribution in [3.63, 3.8) is 0 Å². The van der Waals surface area contributed by atoms with Gasteiger partial charge in [-0.05, 0) is 68.4 Å². The minimum Gasteiger partial charge on any atom is -0.507 e. The van der Waals surface area contributed by atoms with Gasteiger partial charge in [0.1, 0.15) is 17.3 Å². The summed E-state index contributed by atoms with van der Waals surface area (Å²) in [6, 6.07) is 13.7. The number of likely N-dealkylation sites (tertiary alicyclic amines) is 1. The van der Waals surface area contributed by atoms with Gasteiger partial charge in [-0.3, -0.25) is 9.59 Å². The topological polar surface area (TPSA) is 79.3 Å². The Balaban J connectivity index is 1.97. The summed E-state index contributed by atoms with van der Waals surface area (Å²) in [6.07, 6.45) is 2.01. The quantitative estimate of drug-likeness (QED) is 0.196. The maximum absolute atomic E-state index is 13.2. The Morgan fingerprint density at radius 1 is 1.00 bits per heavy atom. The van der Waals surface area contributed by atoms with Crippen molar-refractivity contribution in [2.45, 2.75) is 39.7 Å². The first-order chi connectivity index (χ1) is 17.2.